The third kappa shape index (κ3) is 4.04. The number of fused-ring (bicyclic) bond motifs is 3. The Morgan fingerprint density at radius 3 is 2.48 bits per heavy atom. The lowest BCUT2D eigenvalue weighted by Crippen LogP contribution is -2.29. The largest absolute Gasteiger partial charge is 0.497 e. The summed E-state index contributed by atoms with van der Waals surface area (Å²) in [6.07, 6.45) is -0.798. The Balaban J connectivity index is 1.54. The number of nitrogens with one attached hydrogen (secondary N) is 2. The molecule has 0 unspecified atom stereocenters. The summed E-state index contributed by atoms with van der Waals surface area (Å²) in [6.45, 7) is 0.0916. The normalized spacial score (nSPS) is 12.1. The number of nitrogens with zero attached hydrogens (tertiary/aromatic N) is 1. The number of carbonyl (C=O) groups excluding carboxylic acids is 1. The molecule has 1 atom stereocenters. The molecule has 0 spiro atoms. The van der Waals surface area contributed by atoms with Crippen molar-refractivity contribution in [2.45, 2.75) is 6.10 Å². The average molecular weight is 437 g/mol. The van der Waals surface area contributed by atoms with E-state index in [9.17, 15) is 9.90 Å². The molecule has 0 aliphatic heterocycles. The number of ether oxygens (including phenoxy) is 1. The van der Waals surface area contributed by atoms with Crippen LogP contribution in [0.2, 0.25) is 0 Å². The van der Waals surface area contributed by atoms with E-state index in [1.54, 1.807) is 13.2 Å². The number of benzene rings is 3. The summed E-state index contributed by atoms with van der Waals surface area (Å²) < 4.78 is 5.28. The lowest BCUT2D eigenvalue weighted by molar-refractivity contribution is 0.0911. The monoisotopic (exact) mass is 437 g/mol. The van der Waals surface area contributed by atoms with Crippen LogP contribution in [-0.2, 0) is 0 Å². The van der Waals surface area contributed by atoms with Gasteiger partial charge in [0.2, 0.25) is 0 Å². The third-order valence-corrected chi connectivity index (χ3v) is 5.73. The molecule has 0 fully saturated rings. The molecule has 6 heteroatoms. The predicted molar refractivity (Wildman–Crippen MR) is 129 cm³/mol. The van der Waals surface area contributed by atoms with Crippen molar-refractivity contribution in [1.82, 2.24) is 15.3 Å². The van der Waals surface area contributed by atoms with Gasteiger partial charge in [-0.05, 0) is 42.0 Å². The molecular weight excluding hydrogens is 414 g/mol. The molecule has 3 aromatic carbocycles. The minimum atomic E-state index is -0.798. The van der Waals surface area contributed by atoms with Crippen LogP contribution in [0.5, 0.6) is 5.75 Å². The van der Waals surface area contributed by atoms with E-state index in [2.05, 4.69) is 10.3 Å². The van der Waals surface area contributed by atoms with Crippen molar-refractivity contribution in [2.75, 3.05) is 13.7 Å². The fourth-order valence-electron chi connectivity index (χ4n) is 3.99. The standard InChI is InChI=1S/C27H23N3O3/c1-33-19-13-11-18(12-14-19)25-26-21(20-9-5-6-10-22(20)29-26)15-23(30-25)27(32)28-16-24(31)17-7-3-2-4-8-17/h2-15,24,29,31H,16H2,1H3,(H,28,32)/t24-/m0/s1. The Bertz CT molecular complexity index is 1430. The predicted octanol–water partition coefficient (Wildman–Crippen LogP) is 4.86. The van der Waals surface area contributed by atoms with Crippen molar-refractivity contribution in [3.8, 4) is 17.0 Å². The van der Waals surface area contributed by atoms with Gasteiger partial charge in [0, 0.05) is 28.4 Å². The lowest BCUT2D eigenvalue weighted by Gasteiger charge is -2.13. The van der Waals surface area contributed by atoms with Crippen LogP contribution in [0.25, 0.3) is 33.1 Å². The first-order chi connectivity index (χ1) is 16.1. The Kier molecular flexibility index (Phi) is 5.50. The van der Waals surface area contributed by atoms with Gasteiger partial charge in [-0.25, -0.2) is 4.98 Å². The number of aromatic amines is 1. The van der Waals surface area contributed by atoms with Crippen LogP contribution in [0, 0.1) is 0 Å². The number of carbonyl (C=O) groups is 1. The molecule has 5 aromatic rings. The smallest absolute Gasteiger partial charge is 0.270 e. The second-order valence-corrected chi connectivity index (χ2v) is 7.81. The zero-order chi connectivity index (χ0) is 22.8. The number of rotatable bonds is 6. The molecule has 1 amide bonds. The minimum Gasteiger partial charge on any atom is -0.497 e. The van der Waals surface area contributed by atoms with Gasteiger partial charge in [-0.3, -0.25) is 4.79 Å². The summed E-state index contributed by atoms with van der Waals surface area (Å²) in [7, 11) is 1.62. The number of hydrogen-bond donors (Lipinski definition) is 3. The average Bonchev–Trinajstić information content (AvgIpc) is 3.26. The summed E-state index contributed by atoms with van der Waals surface area (Å²) >= 11 is 0. The molecule has 0 saturated carbocycles. The fraction of sp³-hybridized carbons (Fsp3) is 0.111. The summed E-state index contributed by atoms with van der Waals surface area (Å²) in [4.78, 5) is 21.2. The Morgan fingerprint density at radius 1 is 1.00 bits per heavy atom. The van der Waals surface area contributed by atoms with Crippen LogP contribution in [0.1, 0.15) is 22.2 Å². The number of aliphatic hydroxyl groups excluding tert-OH is 1. The summed E-state index contributed by atoms with van der Waals surface area (Å²) in [5.74, 6) is 0.405. The number of aromatic nitrogens is 2. The van der Waals surface area contributed by atoms with Crippen LogP contribution in [-0.4, -0.2) is 34.6 Å². The first kappa shape index (κ1) is 20.7. The van der Waals surface area contributed by atoms with E-state index >= 15 is 0 Å². The van der Waals surface area contributed by atoms with Gasteiger partial charge in [0.05, 0.1) is 24.4 Å². The van der Waals surface area contributed by atoms with Crippen LogP contribution in [0.4, 0.5) is 0 Å². The molecule has 2 aromatic heterocycles. The van der Waals surface area contributed by atoms with E-state index in [1.165, 1.54) is 0 Å². The van der Waals surface area contributed by atoms with Crippen LogP contribution < -0.4 is 10.1 Å². The first-order valence-corrected chi connectivity index (χ1v) is 10.7. The number of pyridine rings is 1. The number of H-pyrrole nitrogens is 1. The highest BCUT2D eigenvalue weighted by Crippen LogP contribution is 2.33. The van der Waals surface area contributed by atoms with Gasteiger partial charge >= 0.3 is 0 Å². The van der Waals surface area contributed by atoms with Crippen molar-refractivity contribution >= 4 is 27.7 Å². The van der Waals surface area contributed by atoms with Crippen molar-refractivity contribution in [3.63, 3.8) is 0 Å². The van der Waals surface area contributed by atoms with Crippen molar-refractivity contribution < 1.29 is 14.6 Å². The van der Waals surface area contributed by atoms with Crippen LogP contribution in [0.3, 0.4) is 0 Å². The van der Waals surface area contributed by atoms with Gasteiger partial charge in [0.25, 0.3) is 5.91 Å². The summed E-state index contributed by atoms with van der Waals surface area (Å²) in [5.41, 5.74) is 4.42. The molecule has 0 bridgehead atoms. The zero-order valence-corrected chi connectivity index (χ0v) is 18.1. The zero-order valence-electron chi connectivity index (χ0n) is 18.1. The highest BCUT2D eigenvalue weighted by Gasteiger charge is 2.18. The molecule has 33 heavy (non-hydrogen) atoms. The van der Waals surface area contributed by atoms with E-state index in [-0.39, 0.29) is 12.5 Å². The third-order valence-electron chi connectivity index (χ3n) is 5.73. The Hall–Kier alpha value is -4.16. The maximum absolute atomic E-state index is 13.1. The van der Waals surface area contributed by atoms with E-state index in [0.29, 0.717) is 11.4 Å². The SMILES string of the molecule is COc1ccc(-c2nc(C(=O)NC[C@H](O)c3ccccc3)cc3c2[nH]c2ccccc23)cc1. The fourth-order valence-corrected chi connectivity index (χ4v) is 3.99. The highest BCUT2D eigenvalue weighted by molar-refractivity contribution is 6.13. The molecule has 2 heterocycles. The molecule has 0 saturated heterocycles. The number of methoxy groups -OCH3 is 1. The second-order valence-electron chi connectivity index (χ2n) is 7.81. The van der Waals surface area contributed by atoms with Crippen molar-refractivity contribution in [3.05, 3.63) is 96.2 Å². The van der Waals surface area contributed by atoms with Crippen molar-refractivity contribution in [1.29, 1.82) is 0 Å². The minimum absolute atomic E-state index is 0.0916. The molecule has 5 rings (SSSR count). The molecule has 6 nitrogen and oxygen atoms in total. The Morgan fingerprint density at radius 2 is 1.73 bits per heavy atom. The Labute approximate surface area is 190 Å². The molecular formula is C27H23N3O3. The van der Waals surface area contributed by atoms with Gasteiger partial charge in [0.15, 0.2) is 0 Å². The molecule has 0 aliphatic rings. The molecule has 3 N–H and O–H groups in total. The van der Waals surface area contributed by atoms with E-state index in [0.717, 1.165) is 38.7 Å². The van der Waals surface area contributed by atoms with Gasteiger partial charge in [-0.1, -0.05) is 48.5 Å². The number of para-hydroxylation sites is 1. The van der Waals surface area contributed by atoms with E-state index in [1.807, 2.05) is 78.9 Å². The number of aliphatic hydroxyl groups is 1. The summed E-state index contributed by atoms with van der Waals surface area (Å²) in [5, 5.41) is 15.2. The van der Waals surface area contributed by atoms with E-state index < -0.39 is 6.10 Å². The van der Waals surface area contributed by atoms with Crippen LogP contribution in [0.15, 0.2) is 84.9 Å². The van der Waals surface area contributed by atoms with Gasteiger partial charge < -0.3 is 20.1 Å². The topological polar surface area (TPSA) is 87.2 Å². The summed E-state index contributed by atoms with van der Waals surface area (Å²) in [6, 6.07) is 26.6. The van der Waals surface area contributed by atoms with Gasteiger partial charge in [-0.2, -0.15) is 0 Å². The second kappa shape index (κ2) is 8.76. The first-order valence-electron chi connectivity index (χ1n) is 10.7. The molecule has 0 radical (unpaired) electrons. The lowest BCUT2D eigenvalue weighted by atomic mass is 10.1. The molecule has 164 valence electrons. The number of amides is 1. The quantitative estimate of drug-likeness (QED) is 0.354. The maximum atomic E-state index is 13.1. The van der Waals surface area contributed by atoms with Gasteiger partial charge in [0.1, 0.15) is 11.4 Å². The molecule has 0 aliphatic carbocycles. The van der Waals surface area contributed by atoms with E-state index in [4.69, 9.17) is 9.72 Å². The van der Waals surface area contributed by atoms with Crippen molar-refractivity contribution in [2.24, 2.45) is 0 Å². The van der Waals surface area contributed by atoms with Gasteiger partial charge in [-0.15, -0.1) is 0 Å². The highest BCUT2D eigenvalue weighted by atomic mass is 16.5. The van der Waals surface area contributed by atoms with Crippen LogP contribution >= 0.6 is 0 Å². The number of hydrogen-bond acceptors (Lipinski definition) is 4. The maximum Gasteiger partial charge on any atom is 0.270 e.